The van der Waals surface area contributed by atoms with Gasteiger partial charge >= 0.3 is 0 Å². The van der Waals surface area contributed by atoms with Crippen LogP contribution in [0.4, 0.5) is 0 Å². The van der Waals surface area contributed by atoms with Crippen LogP contribution < -0.4 is 5.32 Å². The number of nitrogens with zero attached hydrogens (tertiary/aromatic N) is 1. The standard InChI is InChI=1S/C14H30N2O/c1-12(2)17-10-9-16-8-6-7-15-13(11-16)14(3,4)5/h12-13,15H,6-11H2,1-5H3. The van der Waals surface area contributed by atoms with Gasteiger partial charge in [0.25, 0.3) is 0 Å². The van der Waals surface area contributed by atoms with E-state index in [1.165, 1.54) is 13.0 Å². The molecule has 1 N–H and O–H groups in total. The van der Waals surface area contributed by atoms with Crippen LogP contribution in [-0.4, -0.2) is 49.8 Å². The first-order valence-electron chi connectivity index (χ1n) is 6.97. The van der Waals surface area contributed by atoms with Gasteiger partial charge in [0.1, 0.15) is 0 Å². The Morgan fingerprint density at radius 3 is 2.65 bits per heavy atom. The lowest BCUT2D eigenvalue weighted by atomic mass is 9.86. The van der Waals surface area contributed by atoms with E-state index in [1.807, 2.05) is 0 Å². The Balaban J connectivity index is 2.38. The van der Waals surface area contributed by atoms with Gasteiger partial charge in [0.15, 0.2) is 0 Å². The van der Waals surface area contributed by atoms with Gasteiger partial charge in [-0.2, -0.15) is 0 Å². The number of ether oxygens (including phenoxy) is 1. The molecule has 0 aliphatic carbocycles. The maximum atomic E-state index is 5.64. The Morgan fingerprint density at radius 1 is 1.35 bits per heavy atom. The van der Waals surface area contributed by atoms with Crippen molar-refractivity contribution in [1.82, 2.24) is 10.2 Å². The fourth-order valence-corrected chi connectivity index (χ4v) is 2.19. The summed E-state index contributed by atoms with van der Waals surface area (Å²) >= 11 is 0. The molecule has 0 saturated carbocycles. The maximum Gasteiger partial charge on any atom is 0.0596 e. The molecular weight excluding hydrogens is 212 g/mol. The molecule has 0 aromatic rings. The molecule has 102 valence electrons. The van der Waals surface area contributed by atoms with E-state index in [-0.39, 0.29) is 0 Å². The van der Waals surface area contributed by atoms with Crippen molar-refractivity contribution in [2.24, 2.45) is 5.41 Å². The first-order valence-corrected chi connectivity index (χ1v) is 6.97. The van der Waals surface area contributed by atoms with Crippen molar-refractivity contribution >= 4 is 0 Å². The lowest BCUT2D eigenvalue weighted by Gasteiger charge is -2.33. The molecule has 0 amide bonds. The summed E-state index contributed by atoms with van der Waals surface area (Å²) < 4.78 is 5.64. The van der Waals surface area contributed by atoms with Crippen LogP contribution in [0.15, 0.2) is 0 Å². The molecule has 1 aliphatic rings. The summed E-state index contributed by atoms with van der Waals surface area (Å²) in [6.07, 6.45) is 1.59. The van der Waals surface area contributed by atoms with Crippen LogP contribution in [-0.2, 0) is 4.74 Å². The van der Waals surface area contributed by atoms with Gasteiger partial charge in [-0.25, -0.2) is 0 Å². The third kappa shape index (κ3) is 5.84. The predicted octanol–water partition coefficient (Wildman–Crippen LogP) is 2.12. The molecule has 1 atom stereocenters. The largest absolute Gasteiger partial charge is 0.377 e. The van der Waals surface area contributed by atoms with E-state index in [0.29, 0.717) is 17.6 Å². The molecule has 0 radical (unpaired) electrons. The molecule has 1 rings (SSSR count). The topological polar surface area (TPSA) is 24.5 Å². The molecule has 0 aromatic heterocycles. The Kier molecular flexibility index (Phi) is 5.90. The van der Waals surface area contributed by atoms with Crippen LogP contribution in [0.5, 0.6) is 0 Å². The van der Waals surface area contributed by atoms with Crippen LogP contribution in [0.3, 0.4) is 0 Å². The van der Waals surface area contributed by atoms with Crippen molar-refractivity contribution < 1.29 is 4.74 Å². The van der Waals surface area contributed by atoms with Gasteiger partial charge in [-0.1, -0.05) is 20.8 Å². The first kappa shape index (κ1) is 14.9. The highest BCUT2D eigenvalue weighted by molar-refractivity contribution is 4.85. The molecule has 3 nitrogen and oxygen atoms in total. The Morgan fingerprint density at radius 2 is 2.06 bits per heavy atom. The van der Waals surface area contributed by atoms with Crippen molar-refractivity contribution in [2.45, 2.75) is 53.2 Å². The zero-order valence-electron chi connectivity index (χ0n) is 12.3. The molecule has 1 heterocycles. The summed E-state index contributed by atoms with van der Waals surface area (Å²) in [5.41, 5.74) is 0.335. The van der Waals surface area contributed by atoms with Crippen LogP contribution in [0.25, 0.3) is 0 Å². The molecule has 0 spiro atoms. The van der Waals surface area contributed by atoms with Gasteiger partial charge in [0.05, 0.1) is 12.7 Å². The van der Waals surface area contributed by atoms with Gasteiger partial charge in [0.2, 0.25) is 0 Å². The van der Waals surface area contributed by atoms with Gasteiger partial charge in [-0.3, -0.25) is 4.90 Å². The Labute approximate surface area is 107 Å². The van der Waals surface area contributed by atoms with E-state index in [9.17, 15) is 0 Å². The van der Waals surface area contributed by atoms with Crippen LogP contribution in [0, 0.1) is 5.41 Å². The molecule has 3 heteroatoms. The van der Waals surface area contributed by atoms with Gasteiger partial charge in [0, 0.05) is 19.1 Å². The SMILES string of the molecule is CC(C)OCCN1CCCNC(C(C)(C)C)C1. The molecular formula is C14H30N2O. The average molecular weight is 242 g/mol. The zero-order valence-corrected chi connectivity index (χ0v) is 12.3. The lowest BCUT2D eigenvalue weighted by Crippen LogP contribution is -2.46. The summed E-state index contributed by atoms with van der Waals surface area (Å²) in [5.74, 6) is 0. The van der Waals surface area contributed by atoms with Crippen LogP contribution in [0.2, 0.25) is 0 Å². The van der Waals surface area contributed by atoms with E-state index >= 15 is 0 Å². The molecule has 1 saturated heterocycles. The average Bonchev–Trinajstić information content (AvgIpc) is 2.41. The number of hydrogen-bond acceptors (Lipinski definition) is 3. The van der Waals surface area contributed by atoms with Crippen molar-refractivity contribution in [2.75, 3.05) is 32.8 Å². The highest BCUT2D eigenvalue weighted by Crippen LogP contribution is 2.21. The Bertz CT molecular complexity index is 211. The first-order chi connectivity index (χ1) is 7.89. The third-order valence-corrected chi connectivity index (χ3v) is 3.39. The van der Waals surface area contributed by atoms with Crippen LogP contribution in [0.1, 0.15) is 41.0 Å². The van der Waals surface area contributed by atoms with Crippen molar-refractivity contribution in [3.63, 3.8) is 0 Å². The Hall–Kier alpha value is -0.120. The molecule has 1 aliphatic heterocycles. The van der Waals surface area contributed by atoms with Gasteiger partial charge in [-0.15, -0.1) is 0 Å². The smallest absolute Gasteiger partial charge is 0.0596 e. The fourth-order valence-electron chi connectivity index (χ4n) is 2.19. The molecule has 1 unspecified atom stereocenters. The second-order valence-electron chi connectivity index (χ2n) is 6.45. The van der Waals surface area contributed by atoms with Gasteiger partial charge < -0.3 is 10.1 Å². The van der Waals surface area contributed by atoms with Crippen molar-refractivity contribution in [1.29, 1.82) is 0 Å². The van der Waals surface area contributed by atoms with Crippen molar-refractivity contribution in [3.05, 3.63) is 0 Å². The predicted molar refractivity (Wildman–Crippen MR) is 73.4 cm³/mol. The quantitative estimate of drug-likeness (QED) is 0.817. The summed E-state index contributed by atoms with van der Waals surface area (Å²) in [6.45, 7) is 16.6. The lowest BCUT2D eigenvalue weighted by molar-refractivity contribution is 0.0558. The summed E-state index contributed by atoms with van der Waals surface area (Å²) in [5, 5.41) is 3.67. The van der Waals surface area contributed by atoms with Crippen molar-refractivity contribution in [3.8, 4) is 0 Å². The van der Waals surface area contributed by atoms with E-state index in [0.717, 1.165) is 26.2 Å². The fraction of sp³-hybridized carbons (Fsp3) is 1.00. The highest BCUT2D eigenvalue weighted by Gasteiger charge is 2.27. The van der Waals surface area contributed by atoms with Crippen LogP contribution >= 0.6 is 0 Å². The molecule has 0 aromatic carbocycles. The van der Waals surface area contributed by atoms with Gasteiger partial charge in [-0.05, 0) is 38.8 Å². The minimum atomic E-state index is 0.335. The third-order valence-electron chi connectivity index (χ3n) is 3.39. The second kappa shape index (κ2) is 6.72. The second-order valence-corrected chi connectivity index (χ2v) is 6.45. The normalized spacial score (nSPS) is 24.0. The van der Waals surface area contributed by atoms with E-state index in [4.69, 9.17) is 4.74 Å². The van der Waals surface area contributed by atoms with E-state index in [1.54, 1.807) is 0 Å². The number of nitrogens with one attached hydrogen (secondary N) is 1. The summed E-state index contributed by atoms with van der Waals surface area (Å²) in [7, 11) is 0. The summed E-state index contributed by atoms with van der Waals surface area (Å²) in [6, 6.07) is 0.587. The zero-order chi connectivity index (χ0) is 12.9. The highest BCUT2D eigenvalue weighted by atomic mass is 16.5. The minimum Gasteiger partial charge on any atom is -0.377 e. The van der Waals surface area contributed by atoms with E-state index in [2.05, 4.69) is 44.8 Å². The molecule has 1 fully saturated rings. The molecule has 17 heavy (non-hydrogen) atoms. The monoisotopic (exact) mass is 242 g/mol. The maximum absolute atomic E-state index is 5.64. The number of hydrogen-bond donors (Lipinski definition) is 1. The number of rotatable bonds is 4. The minimum absolute atomic E-state index is 0.335. The molecule has 0 bridgehead atoms. The van der Waals surface area contributed by atoms with E-state index < -0.39 is 0 Å². The summed E-state index contributed by atoms with van der Waals surface area (Å²) in [4.78, 5) is 2.54.